The number of carbonyl (C=O) groups is 2. The summed E-state index contributed by atoms with van der Waals surface area (Å²) in [6.45, 7) is 7.34. The average molecular weight is 271 g/mol. The van der Waals surface area contributed by atoms with Crippen LogP contribution >= 0.6 is 0 Å². The van der Waals surface area contributed by atoms with E-state index >= 15 is 0 Å². The topological polar surface area (TPSA) is 81.7 Å². The molecule has 1 rings (SSSR count). The van der Waals surface area contributed by atoms with Gasteiger partial charge in [0.25, 0.3) is 0 Å². The van der Waals surface area contributed by atoms with Crippen LogP contribution in [-0.2, 0) is 4.79 Å². The molecule has 2 atom stereocenters. The van der Waals surface area contributed by atoms with E-state index in [1.54, 1.807) is 0 Å². The number of aliphatic carboxylic acids is 1. The van der Waals surface area contributed by atoms with E-state index in [0.29, 0.717) is 6.54 Å². The van der Waals surface area contributed by atoms with E-state index in [1.807, 2.05) is 6.92 Å². The highest BCUT2D eigenvalue weighted by Crippen LogP contribution is 2.09. The van der Waals surface area contributed by atoms with Gasteiger partial charge in [0.05, 0.1) is 0 Å². The molecule has 0 radical (unpaired) electrons. The van der Waals surface area contributed by atoms with Gasteiger partial charge in [-0.3, -0.25) is 4.79 Å². The fraction of sp³-hybridized carbons (Fsp3) is 0.846. The fourth-order valence-electron chi connectivity index (χ4n) is 2.33. The highest BCUT2D eigenvalue weighted by molar-refractivity contribution is 5.74. The molecule has 1 aliphatic rings. The van der Waals surface area contributed by atoms with Gasteiger partial charge in [0.15, 0.2) is 0 Å². The van der Waals surface area contributed by atoms with Crippen molar-refractivity contribution in [2.75, 3.05) is 26.2 Å². The summed E-state index contributed by atoms with van der Waals surface area (Å²) in [6, 6.07) is 0.00340. The summed E-state index contributed by atoms with van der Waals surface area (Å²) in [5, 5.41) is 14.3. The van der Waals surface area contributed by atoms with Crippen LogP contribution in [0.15, 0.2) is 0 Å². The highest BCUT2D eigenvalue weighted by Gasteiger charge is 2.20. The number of rotatable bonds is 6. The number of urea groups is 1. The Kier molecular flexibility index (Phi) is 6.62. The monoisotopic (exact) mass is 271 g/mol. The van der Waals surface area contributed by atoms with Crippen LogP contribution in [0, 0.1) is 5.92 Å². The van der Waals surface area contributed by atoms with Gasteiger partial charge in [-0.05, 0) is 31.8 Å². The number of carbonyl (C=O) groups excluding carboxylic acids is 1. The zero-order valence-corrected chi connectivity index (χ0v) is 11.8. The first-order chi connectivity index (χ1) is 9.01. The smallest absolute Gasteiger partial charge is 0.315 e. The van der Waals surface area contributed by atoms with Crippen LogP contribution in [0.3, 0.4) is 0 Å². The number of carboxylic acids is 1. The van der Waals surface area contributed by atoms with Gasteiger partial charge in [-0.15, -0.1) is 0 Å². The van der Waals surface area contributed by atoms with Crippen LogP contribution in [0.25, 0.3) is 0 Å². The molecule has 1 saturated heterocycles. The zero-order chi connectivity index (χ0) is 14.3. The van der Waals surface area contributed by atoms with Crippen molar-refractivity contribution >= 4 is 12.0 Å². The normalized spacial score (nSPS) is 21.7. The zero-order valence-electron chi connectivity index (χ0n) is 11.8. The minimum atomic E-state index is -0.833. The molecule has 0 saturated carbocycles. The molecule has 0 aromatic heterocycles. The lowest BCUT2D eigenvalue weighted by Crippen LogP contribution is -2.50. The molecule has 0 aliphatic carbocycles. The molecule has 110 valence electrons. The minimum absolute atomic E-state index is 0.0539. The summed E-state index contributed by atoms with van der Waals surface area (Å²) in [5.74, 6) is -0.887. The SMILES string of the molecule is CCN1CCCC(NC(=O)NCC(C)CC(=O)O)C1. The summed E-state index contributed by atoms with van der Waals surface area (Å²) >= 11 is 0. The largest absolute Gasteiger partial charge is 0.481 e. The first-order valence-corrected chi connectivity index (χ1v) is 6.99. The molecular formula is C13H25N3O3. The third kappa shape index (κ3) is 6.42. The molecule has 2 unspecified atom stereocenters. The van der Waals surface area contributed by atoms with E-state index in [1.165, 1.54) is 0 Å². The van der Waals surface area contributed by atoms with Crippen LogP contribution in [0.1, 0.15) is 33.1 Å². The van der Waals surface area contributed by atoms with Crippen molar-refractivity contribution in [1.82, 2.24) is 15.5 Å². The number of hydrogen-bond acceptors (Lipinski definition) is 3. The molecule has 1 heterocycles. The lowest BCUT2D eigenvalue weighted by atomic mass is 10.1. The summed E-state index contributed by atoms with van der Waals surface area (Å²) in [5.41, 5.74) is 0. The Balaban J connectivity index is 2.21. The van der Waals surface area contributed by atoms with Crippen LogP contribution in [0.2, 0.25) is 0 Å². The Morgan fingerprint density at radius 3 is 2.84 bits per heavy atom. The number of likely N-dealkylation sites (tertiary alicyclic amines) is 1. The van der Waals surface area contributed by atoms with Crippen molar-refractivity contribution in [1.29, 1.82) is 0 Å². The van der Waals surface area contributed by atoms with Gasteiger partial charge < -0.3 is 20.6 Å². The molecule has 1 aliphatic heterocycles. The van der Waals surface area contributed by atoms with Gasteiger partial charge in [-0.2, -0.15) is 0 Å². The van der Waals surface area contributed by atoms with E-state index in [9.17, 15) is 9.59 Å². The van der Waals surface area contributed by atoms with E-state index in [4.69, 9.17) is 5.11 Å². The van der Waals surface area contributed by atoms with E-state index < -0.39 is 5.97 Å². The van der Waals surface area contributed by atoms with Crippen molar-refractivity contribution in [3.05, 3.63) is 0 Å². The summed E-state index contributed by atoms with van der Waals surface area (Å²) in [7, 11) is 0. The molecule has 3 N–H and O–H groups in total. The second kappa shape index (κ2) is 7.99. The first kappa shape index (κ1) is 15.8. The molecule has 6 heteroatoms. The molecule has 0 aromatic rings. The van der Waals surface area contributed by atoms with E-state index in [2.05, 4.69) is 22.5 Å². The lowest BCUT2D eigenvalue weighted by Gasteiger charge is -2.32. The van der Waals surface area contributed by atoms with Crippen molar-refractivity contribution < 1.29 is 14.7 Å². The van der Waals surface area contributed by atoms with Gasteiger partial charge in [0, 0.05) is 25.6 Å². The number of amides is 2. The number of likely N-dealkylation sites (N-methyl/N-ethyl adjacent to an activating group) is 1. The average Bonchev–Trinajstić information content (AvgIpc) is 2.36. The van der Waals surface area contributed by atoms with Crippen LogP contribution in [0.5, 0.6) is 0 Å². The number of carboxylic acid groups (broad SMARTS) is 1. The minimum Gasteiger partial charge on any atom is -0.481 e. The number of nitrogens with one attached hydrogen (secondary N) is 2. The third-order valence-corrected chi connectivity index (χ3v) is 3.42. The third-order valence-electron chi connectivity index (χ3n) is 3.42. The Labute approximate surface area is 114 Å². The lowest BCUT2D eigenvalue weighted by molar-refractivity contribution is -0.137. The van der Waals surface area contributed by atoms with E-state index in [0.717, 1.165) is 32.5 Å². The molecule has 0 bridgehead atoms. The van der Waals surface area contributed by atoms with Gasteiger partial charge >= 0.3 is 12.0 Å². The van der Waals surface area contributed by atoms with Gasteiger partial charge in [0.1, 0.15) is 0 Å². The van der Waals surface area contributed by atoms with Gasteiger partial charge in [-0.1, -0.05) is 13.8 Å². The highest BCUT2D eigenvalue weighted by atomic mass is 16.4. The number of nitrogens with zero attached hydrogens (tertiary/aromatic N) is 1. The predicted octanol–water partition coefficient (Wildman–Crippen LogP) is 0.881. The quantitative estimate of drug-likeness (QED) is 0.670. The fourth-order valence-corrected chi connectivity index (χ4v) is 2.33. The second-order valence-corrected chi connectivity index (χ2v) is 5.29. The van der Waals surface area contributed by atoms with Crippen molar-refractivity contribution in [3.63, 3.8) is 0 Å². The van der Waals surface area contributed by atoms with Gasteiger partial charge in [0.2, 0.25) is 0 Å². The molecule has 19 heavy (non-hydrogen) atoms. The molecule has 0 aromatic carbocycles. The van der Waals surface area contributed by atoms with Crippen molar-refractivity contribution in [3.8, 4) is 0 Å². The van der Waals surface area contributed by atoms with Crippen molar-refractivity contribution in [2.24, 2.45) is 5.92 Å². The molecule has 1 fully saturated rings. The van der Waals surface area contributed by atoms with E-state index in [-0.39, 0.29) is 24.4 Å². The first-order valence-electron chi connectivity index (χ1n) is 6.99. The Hall–Kier alpha value is -1.30. The maximum atomic E-state index is 11.7. The molecule has 0 spiro atoms. The Morgan fingerprint density at radius 1 is 1.47 bits per heavy atom. The van der Waals surface area contributed by atoms with Crippen LogP contribution in [0.4, 0.5) is 4.79 Å². The van der Waals surface area contributed by atoms with Crippen LogP contribution < -0.4 is 10.6 Å². The summed E-state index contributed by atoms with van der Waals surface area (Å²) < 4.78 is 0. The predicted molar refractivity (Wildman–Crippen MR) is 73.1 cm³/mol. The molecular weight excluding hydrogens is 246 g/mol. The molecule has 6 nitrogen and oxygen atoms in total. The van der Waals surface area contributed by atoms with Crippen molar-refractivity contribution in [2.45, 2.75) is 39.2 Å². The number of hydrogen-bond donors (Lipinski definition) is 3. The Morgan fingerprint density at radius 2 is 2.21 bits per heavy atom. The second-order valence-electron chi connectivity index (χ2n) is 5.29. The number of piperidine rings is 1. The Bertz CT molecular complexity index is 310. The maximum Gasteiger partial charge on any atom is 0.315 e. The maximum absolute atomic E-state index is 11.7. The summed E-state index contributed by atoms with van der Waals surface area (Å²) in [6.07, 6.45) is 2.19. The van der Waals surface area contributed by atoms with Crippen LogP contribution in [-0.4, -0.2) is 54.2 Å². The van der Waals surface area contributed by atoms with Gasteiger partial charge in [-0.25, -0.2) is 4.79 Å². The summed E-state index contributed by atoms with van der Waals surface area (Å²) in [4.78, 5) is 24.5. The molecule has 2 amide bonds. The standard InChI is InChI=1S/C13H25N3O3/c1-3-16-6-4-5-11(9-16)15-13(19)14-8-10(2)7-12(17)18/h10-11H,3-9H2,1-2H3,(H,17,18)(H2,14,15,19).